The van der Waals surface area contributed by atoms with Crippen LogP contribution in [0.25, 0.3) is 28.3 Å². The van der Waals surface area contributed by atoms with Crippen LogP contribution in [0.5, 0.6) is 0 Å². The molecule has 0 fully saturated rings. The summed E-state index contributed by atoms with van der Waals surface area (Å²) in [5, 5.41) is 3.02. The van der Waals surface area contributed by atoms with Gasteiger partial charge in [0.15, 0.2) is 0 Å². The van der Waals surface area contributed by atoms with Crippen LogP contribution in [0.1, 0.15) is 11.1 Å². The Kier molecular flexibility index (Phi) is 6.39. The Morgan fingerprint density at radius 2 is 1.58 bits per heavy atom. The summed E-state index contributed by atoms with van der Waals surface area (Å²) in [6.45, 7) is 0.900. The highest BCUT2D eigenvalue weighted by Crippen LogP contribution is 2.32. The number of nitrogens with zero attached hydrogens (tertiary/aromatic N) is 5. The van der Waals surface area contributed by atoms with Gasteiger partial charge in [0.05, 0.1) is 17.1 Å². The highest BCUT2D eigenvalue weighted by Gasteiger charge is 2.18. The molecule has 2 aromatic carbocycles. The van der Waals surface area contributed by atoms with Gasteiger partial charge in [-0.3, -0.25) is 4.40 Å². The molecule has 0 bridgehead atoms. The summed E-state index contributed by atoms with van der Waals surface area (Å²) < 4.78 is 42.7. The quantitative estimate of drug-likeness (QED) is 0.326. The van der Waals surface area contributed by atoms with Gasteiger partial charge in [-0.2, -0.15) is 0 Å². The number of anilines is 1. The van der Waals surface area contributed by atoms with E-state index in [9.17, 15) is 13.2 Å². The van der Waals surface area contributed by atoms with Gasteiger partial charge in [-0.15, -0.1) is 0 Å². The number of benzene rings is 2. The summed E-state index contributed by atoms with van der Waals surface area (Å²) in [7, 11) is 4.00. The first-order valence-electron chi connectivity index (χ1n) is 11.3. The molecule has 9 heteroatoms. The lowest BCUT2D eigenvalue weighted by atomic mass is 10.1. The molecule has 0 atom stereocenters. The van der Waals surface area contributed by atoms with E-state index >= 15 is 0 Å². The molecule has 0 aliphatic heterocycles. The van der Waals surface area contributed by atoms with Gasteiger partial charge >= 0.3 is 0 Å². The zero-order valence-corrected chi connectivity index (χ0v) is 19.7. The Labute approximate surface area is 206 Å². The topological polar surface area (TPSA) is 58.4 Å². The van der Waals surface area contributed by atoms with E-state index in [0.717, 1.165) is 35.1 Å². The molecule has 36 heavy (non-hydrogen) atoms. The van der Waals surface area contributed by atoms with E-state index < -0.39 is 11.6 Å². The number of imidazole rings is 1. The number of hydrogen-bond acceptors (Lipinski definition) is 5. The molecule has 0 unspecified atom stereocenters. The van der Waals surface area contributed by atoms with Crippen molar-refractivity contribution < 1.29 is 13.2 Å². The number of nitrogens with one attached hydrogen (secondary N) is 1. The molecule has 5 aromatic rings. The number of pyridine rings is 1. The lowest BCUT2D eigenvalue weighted by Crippen LogP contribution is -2.10. The minimum absolute atomic E-state index is 0.143. The highest BCUT2D eigenvalue weighted by molar-refractivity contribution is 5.80. The summed E-state index contributed by atoms with van der Waals surface area (Å²) >= 11 is 0. The van der Waals surface area contributed by atoms with Crippen LogP contribution < -0.4 is 5.32 Å². The van der Waals surface area contributed by atoms with Crippen molar-refractivity contribution in [1.29, 1.82) is 0 Å². The molecule has 0 aliphatic rings. The molecule has 0 aliphatic carbocycles. The molecular formula is C27H23F3N6. The standard InChI is InChI=1S/C27H23F3N6/c1-35(2)16-17-8-10-36-24(13-17)34-25(19-3-5-20(28)6-4-19)26(36)23-7-9-31-27(33-23)32-15-18-11-21(29)14-22(30)12-18/h3-14H,15-16H2,1-2H3,(H,31,32,33). The smallest absolute Gasteiger partial charge is 0.223 e. The summed E-state index contributed by atoms with van der Waals surface area (Å²) in [4.78, 5) is 15.8. The molecular weight excluding hydrogens is 465 g/mol. The van der Waals surface area contributed by atoms with Gasteiger partial charge < -0.3 is 10.2 Å². The van der Waals surface area contributed by atoms with Crippen LogP contribution in [-0.4, -0.2) is 38.3 Å². The van der Waals surface area contributed by atoms with E-state index in [0.29, 0.717) is 22.9 Å². The number of fused-ring (bicyclic) bond motifs is 1. The maximum absolute atomic E-state index is 13.6. The zero-order chi connectivity index (χ0) is 25.2. The van der Waals surface area contributed by atoms with Crippen LogP contribution in [0.15, 0.2) is 73.1 Å². The second-order valence-corrected chi connectivity index (χ2v) is 8.71. The molecule has 6 nitrogen and oxygen atoms in total. The van der Waals surface area contributed by atoms with Crippen molar-refractivity contribution in [2.45, 2.75) is 13.1 Å². The van der Waals surface area contributed by atoms with E-state index in [-0.39, 0.29) is 12.4 Å². The van der Waals surface area contributed by atoms with Crippen molar-refractivity contribution in [2.24, 2.45) is 0 Å². The second-order valence-electron chi connectivity index (χ2n) is 8.71. The molecule has 3 heterocycles. The highest BCUT2D eigenvalue weighted by atomic mass is 19.1. The van der Waals surface area contributed by atoms with Crippen molar-refractivity contribution in [3.05, 3.63) is 102 Å². The minimum atomic E-state index is -0.648. The number of aromatic nitrogens is 4. The predicted octanol–water partition coefficient (Wildman–Crippen LogP) is 5.55. The first kappa shape index (κ1) is 23.5. The van der Waals surface area contributed by atoms with Gasteiger partial charge in [0.1, 0.15) is 23.1 Å². The van der Waals surface area contributed by atoms with Crippen molar-refractivity contribution in [2.75, 3.05) is 19.4 Å². The van der Waals surface area contributed by atoms with Gasteiger partial charge in [0.25, 0.3) is 0 Å². The van der Waals surface area contributed by atoms with Crippen LogP contribution in [0.3, 0.4) is 0 Å². The maximum Gasteiger partial charge on any atom is 0.223 e. The Morgan fingerprint density at radius 1 is 0.833 bits per heavy atom. The third-order valence-electron chi connectivity index (χ3n) is 5.58. The van der Waals surface area contributed by atoms with Crippen molar-refractivity contribution in [3.8, 4) is 22.6 Å². The van der Waals surface area contributed by atoms with Gasteiger partial charge in [-0.1, -0.05) is 0 Å². The van der Waals surface area contributed by atoms with E-state index in [1.807, 2.05) is 36.8 Å². The largest absolute Gasteiger partial charge is 0.350 e. The van der Waals surface area contributed by atoms with E-state index in [1.165, 1.54) is 24.3 Å². The molecule has 5 rings (SSSR count). The first-order chi connectivity index (χ1) is 17.4. The fourth-order valence-electron chi connectivity index (χ4n) is 4.07. The Bertz CT molecular complexity index is 1510. The fraction of sp³-hybridized carbons (Fsp3) is 0.148. The van der Waals surface area contributed by atoms with Gasteiger partial charge in [0.2, 0.25) is 5.95 Å². The van der Waals surface area contributed by atoms with Gasteiger partial charge in [0, 0.05) is 37.1 Å². The minimum Gasteiger partial charge on any atom is -0.350 e. The summed E-state index contributed by atoms with van der Waals surface area (Å²) in [6.07, 6.45) is 3.54. The number of hydrogen-bond donors (Lipinski definition) is 1. The third-order valence-corrected chi connectivity index (χ3v) is 5.58. The Morgan fingerprint density at radius 3 is 2.31 bits per heavy atom. The van der Waals surface area contributed by atoms with Crippen molar-refractivity contribution in [3.63, 3.8) is 0 Å². The van der Waals surface area contributed by atoms with Crippen LogP contribution in [0.4, 0.5) is 19.1 Å². The lowest BCUT2D eigenvalue weighted by Gasteiger charge is -2.11. The molecule has 0 saturated heterocycles. The van der Waals surface area contributed by atoms with Crippen LogP contribution >= 0.6 is 0 Å². The van der Waals surface area contributed by atoms with Crippen molar-refractivity contribution in [1.82, 2.24) is 24.3 Å². The molecule has 0 amide bonds. The third kappa shape index (κ3) is 5.06. The molecule has 182 valence electrons. The summed E-state index contributed by atoms with van der Waals surface area (Å²) in [5.41, 5.74) is 4.95. The van der Waals surface area contributed by atoms with Crippen molar-refractivity contribution >= 4 is 11.6 Å². The lowest BCUT2D eigenvalue weighted by molar-refractivity contribution is 0.402. The second kappa shape index (κ2) is 9.79. The zero-order valence-electron chi connectivity index (χ0n) is 19.7. The maximum atomic E-state index is 13.6. The summed E-state index contributed by atoms with van der Waals surface area (Å²) in [6, 6.07) is 15.3. The normalized spacial score (nSPS) is 11.4. The Balaban J connectivity index is 1.56. The SMILES string of the molecule is CN(C)Cc1ccn2c(-c3ccnc(NCc4cc(F)cc(F)c4)n3)c(-c3ccc(F)cc3)nc2c1. The van der Waals surface area contributed by atoms with Gasteiger partial charge in [-0.05, 0) is 79.8 Å². The summed E-state index contributed by atoms with van der Waals surface area (Å²) in [5.74, 6) is -1.34. The predicted molar refractivity (Wildman–Crippen MR) is 133 cm³/mol. The number of halogens is 3. The average Bonchev–Trinajstić information content (AvgIpc) is 3.21. The van der Waals surface area contributed by atoms with E-state index in [1.54, 1.807) is 24.4 Å². The first-order valence-corrected chi connectivity index (χ1v) is 11.3. The average molecular weight is 489 g/mol. The van der Waals surface area contributed by atoms with Crippen LogP contribution in [-0.2, 0) is 13.1 Å². The molecule has 1 N–H and O–H groups in total. The van der Waals surface area contributed by atoms with Gasteiger partial charge in [-0.25, -0.2) is 28.1 Å². The molecule has 0 spiro atoms. The fourth-order valence-corrected chi connectivity index (χ4v) is 4.07. The van der Waals surface area contributed by atoms with E-state index in [2.05, 4.69) is 20.2 Å². The Hall–Kier alpha value is -4.24. The molecule has 0 saturated carbocycles. The van der Waals surface area contributed by atoms with Crippen LogP contribution in [0, 0.1) is 17.5 Å². The number of rotatable bonds is 7. The molecule has 3 aromatic heterocycles. The monoisotopic (exact) mass is 488 g/mol. The van der Waals surface area contributed by atoms with E-state index in [4.69, 9.17) is 4.98 Å². The molecule has 0 radical (unpaired) electrons. The van der Waals surface area contributed by atoms with Crippen LogP contribution in [0.2, 0.25) is 0 Å².